The molecule has 0 saturated heterocycles. The van der Waals surface area contributed by atoms with Crippen molar-refractivity contribution in [2.24, 2.45) is 20.5 Å². The minimum absolute atomic E-state index is 0. The van der Waals surface area contributed by atoms with Gasteiger partial charge < -0.3 is 10.6 Å². The van der Waals surface area contributed by atoms with Gasteiger partial charge in [-0.15, -0.1) is 43.2 Å². The normalized spacial score (nSPS) is 10.6. The molecule has 0 aliphatic heterocycles. The summed E-state index contributed by atoms with van der Waals surface area (Å²) in [5.41, 5.74) is 4.77. The number of aromatic nitrogens is 2. The van der Waals surface area contributed by atoms with Crippen molar-refractivity contribution in [2.75, 3.05) is 0 Å². The van der Waals surface area contributed by atoms with Gasteiger partial charge in [0.2, 0.25) is 0 Å². The molecule has 6 aromatic rings. The summed E-state index contributed by atoms with van der Waals surface area (Å²) in [6.45, 7) is 0. The first-order valence-corrected chi connectivity index (χ1v) is 15.1. The van der Waals surface area contributed by atoms with Gasteiger partial charge in [0.15, 0.2) is 11.6 Å². The molecule has 0 saturated carbocycles. The molecule has 48 heavy (non-hydrogen) atoms. The zero-order chi connectivity index (χ0) is 33.2. The van der Waals surface area contributed by atoms with E-state index in [4.69, 9.17) is 18.6 Å². The van der Waals surface area contributed by atoms with Gasteiger partial charge >= 0.3 is 16.8 Å². The van der Waals surface area contributed by atoms with Crippen molar-refractivity contribution in [2.45, 2.75) is 0 Å². The van der Waals surface area contributed by atoms with Crippen LogP contribution in [-0.4, -0.2) is 9.97 Å². The minimum Gasteiger partial charge on any atom is -0.656 e. The van der Waals surface area contributed by atoms with E-state index in [-0.39, 0.29) is 16.8 Å². The van der Waals surface area contributed by atoms with Crippen molar-refractivity contribution in [3.05, 3.63) is 169 Å². The number of nitrogens with zero attached hydrogens (tertiary/aromatic N) is 8. The molecule has 0 amide bonds. The van der Waals surface area contributed by atoms with Crippen molar-refractivity contribution in [3.63, 3.8) is 0 Å². The van der Waals surface area contributed by atoms with E-state index >= 15 is 0 Å². The predicted octanol–water partition coefficient (Wildman–Crippen LogP) is 6.91. The smallest absolute Gasteiger partial charge is 0.656 e. The number of hydrogen-bond donors (Lipinski definition) is 0. The summed E-state index contributed by atoms with van der Waals surface area (Å²) in [7, 11) is -4.94. The molecule has 2 heterocycles. The molecule has 0 N–H and O–H groups in total. The van der Waals surface area contributed by atoms with Crippen LogP contribution in [0, 0.1) is 10.2 Å². The number of pyridine rings is 2. The summed E-state index contributed by atoms with van der Waals surface area (Å²) in [6, 6.07) is 45.9. The van der Waals surface area contributed by atoms with Crippen molar-refractivity contribution in [1.82, 2.24) is 9.97 Å². The fourth-order valence-electron chi connectivity index (χ4n) is 3.61. The Labute approximate surface area is 289 Å². The van der Waals surface area contributed by atoms with E-state index in [1.54, 1.807) is 24.5 Å². The van der Waals surface area contributed by atoms with Crippen molar-refractivity contribution >= 4 is 45.8 Å². The second kappa shape index (κ2) is 20.0. The Hall–Kier alpha value is -5.38. The largest absolute Gasteiger partial charge is 3.00 e. The van der Waals surface area contributed by atoms with E-state index in [1.807, 2.05) is 133 Å². The third kappa shape index (κ3) is 14.4. The van der Waals surface area contributed by atoms with Gasteiger partial charge in [0.25, 0.3) is 0 Å². The second-order valence-corrected chi connectivity index (χ2v) is 9.78. The van der Waals surface area contributed by atoms with Crippen LogP contribution >= 0.6 is 0 Å². The first-order chi connectivity index (χ1) is 22.8. The van der Waals surface area contributed by atoms with Crippen LogP contribution in [0.2, 0.25) is 0 Å². The Bertz CT molecular complexity index is 1700. The maximum Gasteiger partial charge on any atom is 3.00 e. The summed E-state index contributed by atoms with van der Waals surface area (Å²) >= 11 is 0. The molecule has 0 bridgehead atoms. The molecule has 0 radical (unpaired) electrons. The Balaban J connectivity index is 0.000000225. The average molecular weight is 705 g/mol. The van der Waals surface area contributed by atoms with Gasteiger partial charge in [0.05, 0.1) is 11.4 Å². The molecule has 2 aromatic heterocycles. The maximum atomic E-state index is 8.49. The Kier molecular flexibility index (Phi) is 15.4. The van der Waals surface area contributed by atoms with Gasteiger partial charge in [0, 0.05) is 12.4 Å². The van der Waals surface area contributed by atoms with Crippen LogP contribution in [0.4, 0.5) is 45.8 Å². The predicted molar refractivity (Wildman–Crippen MR) is 168 cm³/mol. The van der Waals surface area contributed by atoms with E-state index in [2.05, 4.69) is 41.1 Å². The Morgan fingerprint density at radius 2 is 0.750 bits per heavy atom. The fourth-order valence-corrected chi connectivity index (χ4v) is 3.61. The van der Waals surface area contributed by atoms with Crippen molar-refractivity contribution in [3.8, 4) is 0 Å². The van der Waals surface area contributed by atoms with Crippen LogP contribution in [0.1, 0.15) is 0 Å². The SMILES string of the molecule is [Co+3].[O-][Cl+3]([O-])([O-])[O-].c1ccc([N-]c2ccccc2N=Nc2ccccn2)cc1.c1ccc([N-]c2ccccc2N=Nc2ccccn2)cc1. The molecule has 12 nitrogen and oxygen atoms in total. The van der Waals surface area contributed by atoms with Crippen LogP contribution < -0.4 is 18.6 Å². The first-order valence-electron chi connectivity index (χ1n) is 13.8. The second-order valence-electron chi connectivity index (χ2n) is 9.03. The molecule has 4 aromatic carbocycles. The third-order valence-electron chi connectivity index (χ3n) is 5.59. The summed E-state index contributed by atoms with van der Waals surface area (Å²) in [4.78, 5) is 8.23. The van der Waals surface area contributed by atoms with Crippen molar-refractivity contribution < 1.29 is 45.7 Å². The number of hydrogen-bond acceptors (Lipinski definition) is 10. The summed E-state index contributed by atoms with van der Waals surface area (Å²) in [6.07, 6.45) is 3.38. The van der Waals surface area contributed by atoms with E-state index in [9.17, 15) is 0 Å². The Morgan fingerprint density at radius 1 is 0.417 bits per heavy atom. The number of rotatable bonds is 8. The van der Waals surface area contributed by atoms with Crippen molar-refractivity contribution in [1.29, 1.82) is 0 Å². The van der Waals surface area contributed by atoms with Gasteiger partial charge in [-0.2, -0.15) is 10.2 Å². The maximum absolute atomic E-state index is 8.49. The van der Waals surface area contributed by atoms with Gasteiger partial charge in [-0.25, -0.2) is 28.6 Å². The van der Waals surface area contributed by atoms with E-state index in [1.165, 1.54) is 0 Å². The van der Waals surface area contributed by atoms with Gasteiger partial charge in [-0.1, -0.05) is 109 Å². The van der Waals surface area contributed by atoms with E-state index in [0.717, 1.165) is 22.7 Å². The van der Waals surface area contributed by atoms with E-state index in [0.29, 0.717) is 23.0 Å². The molecule has 0 unspecified atom stereocenters. The number of para-hydroxylation sites is 4. The standard InChI is InChI=1S/2C17H13N4.ClHO4.Co/c2*1-2-8-14(9-3-1)19-15-10-4-5-11-16(15)20-21-17-12-6-7-13-18-17;2-1(3,4)5;/h2*1-13H;(H,2,3,4,5);/q2*-1;;+3/p-1. The first kappa shape index (κ1) is 37.1. The van der Waals surface area contributed by atoms with Crippen LogP contribution in [0.3, 0.4) is 0 Å². The van der Waals surface area contributed by atoms with Crippen LogP contribution in [0.5, 0.6) is 0 Å². The summed E-state index contributed by atoms with van der Waals surface area (Å²) in [5, 5.41) is 25.9. The molecule has 0 fully saturated rings. The van der Waals surface area contributed by atoms with Gasteiger partial charge in [0.1, 0.15) is 0 Å². The Morgan fingerprint density at radius 3 is 1.10 bits per heavy atom. The summed E-state index contributed by atoms with van der Waals surface area (Å²) in [5.74, 6) is 1.15. The summed E-state index contributed by atoms with van der Waals surface area (Å²) < 4.78 is 34.0. The van der Waals surface area contributed by atoms with Crippen LogP contribution in [0.25, 0.3) is 10.6 Å². The van der Waals surface area contributed by atoms with Crippen LogP contribution in [-0.2, 0) is 16.8 Å². The molecule has 0 aliphatic carbocycles. The van der Waals surface area contributed by atoms with Gasteiger partial charge in [-0.3, -0.25) is 0 Å². The fraction of sp³-hybridized carbons (Fsp3) is 0. The molecule has 6 rings (SSSR count). The molecule has 0 atom stereocenters. The molecular formula is C34H26ClCoN8O4. The minimum atomic E-state index is -4.94. The average Bonchev–Trinajstić information content (AvgIpc) is 3.09. The third-order valence-corrected chi connectivity index (χ3v) is 5.59. The molecule has 0 spiro atoms. The molecule has 0 aliphatic rings. The zero-order valence-electron chi connectivity index (χ0n) is 24.9. The zero-order valence-corrected chi connectivity index (χ0v) is 26.7. The number of halogens is 1. The quantitative estimate of drug-likeness (QED) is 0.154. The topological polar surface area (TPSA) is 196 Å². The van der Waals surface area contributed by atoms with E-state index < -0.39 is 10.2 Å². The van der Waals surface area contributed by atoms with Gasteiger partial charge in [-0.05, 0) is 36.4 Å². The molecular weight excluding hydrogens is 679 g/mol. The number of benzene rings is 4. The monoisotopic (exact) mass is 704 g/mol. The number of azo groups is 2. The molecule has 14 heteroatoms. The molecule has 242 valence electrons. The van der Waals surface area contributed by atoms with Crippen LogP contribution in [0.15, 0.2) is 178 Å².